The van der Waals surface area contributed by atoms with Gasteiger partial charge in [-0.3, -0.25) is 0 Å². The van der Waals surface area contributed by atoms with Gasteiger partial charge in [-0.1, -0.05) is 24.9 Å². The smallest absolute Gasteiger partial charge is 0.137 e. The van der Waals surface area contributed by atoms with Gasteiger partial charge in [-0.15, -0.1) is 0 Å². The second kappa shape index (κ2) is 7.17. The third-order valence-electron chi connectivity index (χ3n) is 2.77. The maximum atomic E-state index is 8.92. The Hall–Kier alpha value is -1.34. The molecule has 1 atom stereocenters. The van der Waals surface area contributed by atoms with Crippen molar-refractivity contribution in [3.05, 3.63) is 17.0 Å². The fourth-order valence-corrected chi connectivity index (χ4v) is 2.08. The van der Waals surface area contributed by atoms with Crippen LogP contribution in [0.25, 0.3) is 0 Å². The van der Waals surface area contributed by atoms with Gasteiger partial charge in [-0.05, 0) is 20.3 Å². The summed E-state index contributed by atoms with van der Waals surface area (Å²) in [5.74, 6) is 0.828. The Labute approximate surface area is 114 Å². The molecule has 0 radical (unpaired) electrons. The van der Waals surface area contributed by atoms with E-state index in [2.05, 4.69) is 34.8 Å². The van der Waals surface area contributed by atoms with Crippen LogP contribution in [0.15, 0.2) is 6.33 Å². The molecule has 1 heterocycles. The zero-order valence-corrected chi connectivity index (χ0v) is 11.9. The van der Waals surface area contributed by atoms with Crippen molar-refractivity contribution >= 4 is 17.4 Å². The number of hydrogen-bond donors (Lipinski definition) is 0. The van der Waals surface area contributed by atoms with Crippen LogP contribution in [0.4, 0.5) is 5.82 Å². The molecule has 0 fully saturated rings. The predicted molar refractivity (Wildman–Crippen MR) is 73.7 cm³/mol. The molecule has 0 aliphatic heterocycles. The first-order valence-electron chi connectivity index (χ1n) is 6.27. The van der Waals surface area contributed by atoms with Crippen molar-refractivity contribution in [2.75, 3.05) is 18.0 Å². The zero-order valence-electron chi connectivity index (χ0n) is 11.1. The van der Waals surface area contributed by atoms with E-state index in [4.69, 9.17) is 16.9 Å². The lowest BCUT2D eigenvalue weighted by atomic mass is 10.1. The van der Waals surface area contributed by atoms with E-state index in [0.29, 0.717) is 11.7 Å². The molecule has 0 spiro atoms. The summed E-state index contributed by atoms with van der Waals surface area (Å²) < 4.78 is 0. The average Bonchev–Trinajstić information content (AvgIpc) is 2.38. The van der Waals surface area contributed by atoms with Gasteiger partial charge in [0.05, 0.1) is 12.0 Å². The lowest BCUT2D eigenvalue weighted by molar-refractivity contribution is 0.673. The molecule has 0 aliphatic carbocycles. The van der Waals surface area contributed by atoms with Crippen LogP contribution in [0, 0.1) is 17.2 Å². The van der Waals surface area contributed by atoms with Crippen LogP contribution in [-0.2, 0) is 6.42 Å². The van der Waals surface area contributed by atoms with Crippen molar-refractivity contribution in [2.45, 2.75) is 33.6 Å². The molecule has 0 aliphatic rings. The zero-order chi connectivity index (χ0) is 13.5. The van der Waals surface area contributed by atoms with Gasteiger partial charge in [-0.2, -0.15) is 5.26 Å². The van der Waals surface area contributed by atoms with E-state index < -0.39 is 0 Å². The molecule has 0 amide bonds. The minimum Gasteiger partial charge on any atom is -0.355 e. The quantitative estimate of drug-likeness (QED) is 0.743. The highest BCUT2D eigenvalue weighted by Crippen LogP contribution is 2.25. The molecule has 0 saturated heterocycles. The molecule has 0 aromatic carbocycles. The topological polar surface area (TPSA) is 52.8 Å². The monoisotopic (exact) mass is 266 g/mol. The van der Waals surface area contributed by atoms with E-state index in [1.54, 1.807) is 0 Å². The van der Waals surface area contributed by atoms with Crippen LogP contribution >= 0.6 is 11.6 Å². The van der Waals surface area contributed by atoms with E-state index >= 15 is 0 Å². The molecule has 0 N–H and O–H groups in total. The third-order valence-corrected chi connectivity index (χ3v) is 3.09. The highest BCUT2D eigenvalue weighted by Gasteiger charge is 2.16. The summed E-state index contributed by atoms with van der Waals surface area (Å²) in [6.07, 6.45) is 3.33. The molecule has 1 aromatic rings. The molecule has 18 heavy (non-hydrogen) atoms. The van der Waals surface area contributed by atoms with Gasteiger partial charge >= 0.3 is 0 Å². The third kappa shape index (κ3) is 3.58. The van der Waals surface area contributed by atoms with Gasteiger partial charge in [0.15, 0.2) is 0 Å². The van der Waals surface area contributed by atoms with Gasteiger partial charge in [-0.25, -0.2) is 9.97 Å². The van der Waals surface area contributed by atoms with Crippen LogP contribution in [0.3, 0.4) is 0 Å². The summed E-state index contributed by atoms with van der Waals surface area (Å²) in [6, 6.07) is 2.25. The minimum atomic E-state index is -0.0341. The average molecular weight is 267 g/mol. The Morgan fingerprint density at radius 1 is 1.44 bits per heavy atom. The molecule has 98 valence electrons. The van der Waals surface area contributed by atoms with Crippen LogP contribution in [0.2, 0.25) is 5.15 Å². The lowest BCUT2D eigenvalue weighted by Gasteiger charge is -2.25. The van der Waals surface area contributed by atoms with Crippen molar-refractivity contribution in [3.63, 3.8) is 0 Å². The molecular formula is C13H19ClN4. The van der Waals surface area contributed by atoms with Gasteiger partial charge in [0, 0.05) is 18.7 Å². The Morgan fingerprint density at radius 3 is 2.72 bits per heavy atom. The molecule has 5 heteroatoms. The summed E-state index contributed by atoms with van der Waals surface area (Å²) in [5.41, 5.74) is 0.980. The second-order valence-electron chi connectivity index (χ2n) is 4.29. The minimum absolute atomic E-state index is 0.0341. The summed E-state index contributed by atoms with van der Waals surface area (Å²) in [5, 5.41) is 9.44. The van der Waals surface area contributed by atoms with Crippen molar-refractivity contribution in [1.82, 2.24) is 9.97 Å². The number of rotatable bonds is 6. The first-order chi connectivity index (χ1) is 8.63. The van der Waals surface area contributed by atoms with E-state index in [1.165, 1.54) is 6.33 Å². The first-order valence-corrected chi connectivity index (χ1v) is 6.65. The number of aromatic nitrogens is 2. The van der Waals surface area contributed by atoms with Crippen LogP contribution in [0.5, 0.6) is 0 Å². The number of nitriles is 1. The molecule has 0 saturated carbocycles. The van der Waals surface area contributed by atoms with Gasteiger partial charge in [0.1, 0.15) is 17.3 Å². The number of halogens is 1. The predicted octanol–water partition coefficient (Wildman–Crippen LogP) is 3.07. The molecule has 1 aromatic heterocycles. The first kappa shape index (κ1) is 14.7. The SMILES string of the molecule is CCCc1c(Cl)ncnc1N(CC)CC(C)C#N. The summed E-state index contributed by atoms with van der Waals surface area (Å²) >= 11 is 6.14. The van der Waals surface area contributed by atoms with E-state index in [9.17, 15) is 0 Å². The molecular weight excluding hydrogens is 248 g/mol. The van der Waals surface area contributed by atoms with Gasteiger partial charge in [0.2, 0.25) is 0 Å². The lowest BCUT2D eigenvalue weighted by Crippen LogP contribution is -2.29. The highest BCUT2D eigenvalue weighted by molar-refractivity contribution is 6.30. The molecule has 0 bridgehead atoms. The number of anilines is 1. The fourth-order valence-electron chi connectivity index (χ4n) is 1.86. The summed E-state index contributed by atoms with van der Waals surface area (Å²) in [4.78, 5) is 10.5. The Bertz CT molecular complexity index is 427. The van der Waals surface area contributed by atoms with Crippen LogP contribution in [0.1, 0.15) is 32.8 Å². The van der Waals surface area contributed by atoms with Crippen LogP contribution in [-0.4, -0.2) is 23.1 Å². The normalized spacial score (nSPS) is 11.9. The number of hydrogen-bond acceptors (Lipinski definition) is 4. The second-order valence-corrected chi connectivity index (χ2v) is 4.64. The largest absolute Gasteiger partial charge is 0.355 e. The van der Waals surface area contributed by atoms with E-state index in [0.717, 1.165) is 30.8 Å². The molecule has 1 unspecified atom stereocenters. The van der Waals surface area contributed by atoms with Crippen molar-refractivity contribution in [2.24, 2.45) is 5.92 Å². The Kier molecular flexibility index (Phi) is 5.87. The summed E-state index contributed by atoms with van der Waals surface area (Å²) in [7, 11) is 0. The van der Waals surface area contributed by atoms with Crippen molar-refractivity contribution < 1.29 is 0 Å². The van der Waals surface area contributed by atoms with Gasteiger partial charge < -0.3 is 4.90 Å². The van der Waals surface area contributed by atoms with Crippen LogP contribution < -0.4 is 4.90 Å². The Morgan fingerprint density at radius 2 is 2.17 bits per heavy atom. The fraction of sp³-hybridized carbons (Fsp3) is 0.615. The van der Waals surface area contributed by atoms with E-state index in [1.807, 2.05) is 6.92 Å². The van der Waals surface area contributed by atoms with E-state index in [-0.39, 0.29) is 5.92 Å². The molecule has 4 nitrogen and oxygen atoms in total. The standard InChI is InChI=1S/C13H19ClN4/c1-4-6-11-12(14)16-9-17-13(11)18(5-2)8-10(3)7-15/h9-10H,4-6,8H2,1-3H3. The highest BCUT2D eigenvalue weighted by atomic mass is 35.5. The molecule has 1 rings (SSSR count). The van der Waals surface area contributed by atoms with Crippen molar-refractivity contribution in [3.8, 4) is 6.07 Å². The summed E-state index contributed by atoms with van der Waals surface area (Å²) in [6.45, 7) is 7.52. The maximum absolute atomic E-state index is 8.92. The van der Waals surface area contributed by atoms with Crippen molar-refractivity contribution in [1.29, 1.82) is 5.26 Å². The number of nitrogens with zero attached hydrogens (tertiary/aromatic N) is 4. The maximum Gasteiger partial charge on any atom is 0.137 e. The Balaban J connectivity index is 3.05. The van der Waals surface area contributed by atoms with Gasteiger partial charge in [0.25, 0.3) is 0 Å².